The number of nitrogens with one attached hydrogen (secondary N) is 3. The zero-order valence-corrected chi connectivity index (χ0v) is 22.0. The lowest BCUT2D eigenvalue weighted by molar-refractivity contribution is -0.143. The van der Waals surface area contributed by atoms with Crippen molar-refractivity contribution < 1.29 is 33.9 Å². The number of carboxylic acids is 1. The number of rotatable bonds is 20. The average molecular weight is 573 g/mol. The average Bonchev–Trinajstić information content (AvgIpc) is 2.84. The van der Waals surface area contributed by atoms with Crippen LogP contribution in [0.25, 0.3) is 0 Å². The summed E-state index contributed by atoms with van der Waals surface area (Å²) in [5.74, 6) is -6.05. The number of nitrogens with two attached hydrogens (primary N) is 7. The van der Waals surface area contributed by atoms with Crippen LogP contribution < -0.4 is 56.1 Å². The molecule has 19 heteroatoms. The summed E-state index contributed by atoms with van der Waals surface area (Å²) < 4.78 is 0. The molecular weight excluding hydrogens is 532 g/mol. The summed E-state index contributed by atoms with van der Waals surface area (Å²) in [7, 11) is 0. The highest BCUT2D eigenvalue weighted by Crippen LogP contribution is 2.06. The predicted molar refractivity (Wildman–Crippen MR) is 143 cm³/mol. The number of nitrogens with zero attached hydrogens (tertiary/aromatic N) is 2. The van der Waals surface area contributed by atoms with E-state index < -0.39 is 66.1 Å². The molecule has 18 N–H and O–H groups in total. The van der Waals surface area contributed by atoms with E-state index in [1.54, 1.807) is 0 Å². The monoisotopic (exact) mass is 572 g/mol. The van der Waals surface area contributed by atoms with E-state index in [4.69, 9.17) is 40.1 Å². The number of carbonyl (C=O) groups is 6. The van der Waals surface area contributed by atoms with Gasteiger partial charge in [-0.15, -0.1) is 0 Å². The number of carbonyl (C=O) groups excluding carboxylic acids is 5. The normalized spacial score (nSPS) is 13.4. The SMILES string of the molecule is NC(=O)CCC(N)C(=O)NC(CCCN=C(N)N)C(=O)NC(CCCN=C(N)N)C(=O)NC(CC(N)=O)C(=O)O. The summed E-state index contributed by atoms with van der Waals surface area (Å²) in [6, 6.07) is -5.36. The van der Waals surface area contributed by atoms with E-state index in [1.807, 2.05) is 0 Å². The van der Waals surface area contributed by atoms with Gasteiger partial charge in [-0.3, -0.25) is 34.0 Å². The van der Waals surface area contributed by atoms with Gasteiger partial charge < -0.3 is 61.2 Å². The molecule has 0 spiro atoms. The maximum atomic E-state index is 13.2. The van der Waals surface area contributed by atoms with Crippen LogP contribution in [0.15, 0.2) is 9.98 Å². The van der Waals surface area contributed by atoms with E-state index >= 15 is 0 Å². The number of carboxylic acid groups (broad SMARTS) is 1. The minimum atomic E-state index is -1.65. The number of primary amides is 2. The first-order valence-electron chi connectivity index (χ1n) is 12.2. The Labute approximate surface area is 230 Å². The lowest BCUT2D eigenvalue weighted by Crippen LogP contribution is -2.57. The van der Waals surface area contributed by atoms with Gasteiger partial charge in [-0.2, -0.15) is 0 Å². The molecule has 0 aliphatic carbocycles. The van der Waals surface area contributed by atoms with Crippen LogP contribution in [0.2, 0.25) is 0 Å². The van der Waals surface area contributed by atoms with Gasteiger partial charge in [-0.1, -0.05) is 0 Å². The van der Waals surface area contributed by atoms with Crippen molar-refractivity contribution in [3.8, 4) is 0 Å². The minimum absolute atomic E-state index is 0.0126. The Morgan fingerprint density at radius 3 is 1.43 bits per heavy atom. The van der Waals surface area contributed by atoms with Gasteiger partial charge in [0.05, 0.1) is 12.5 Å². The summed E-state index contributed by atoms with van der Waals surface area (Å²) >= 11 is 0. The van der Waals surface area contributed by atoms with Crippen molar-refractivity contribution in [1.82, 2.24) is 16.0 Å². The van der Waals surface area contributed by atoms with Gasteiger partial charge in [0.2, 0.25) is 29.5 Å². The molecule has 226 valence electrons. The fourth-order valence-electron chi connectivity index (χ4n) is 3.20. The van der Waals surface area contributed by atoms with Crippen LogP contribution in [0.5, 0.6) is 0 Å². The van der Waals surface area contributed by atoms with Gasteiger partial charge in [-0.25, -0.2) is 4.79 Å². The first-order chi connectivity index (χ1) is 18.6. The van der Waals surface area contributed by atoms with Crippen LogP contribution in [0.1, 0.15) is 44.9 Å². The Morgan fingerprint density at radius 1 is 0.625 bits per heavy atom. The second-order valence-electron chi connectivity index (χ2n) is 8.70. The zero-order chi connectivity index (χ0) is 30.8. The molecule has 19 nitrogen and oxygen atoms in total. The van der Waals surface area contributed by atoms with Crippen LogP contribution in [-0.2, 0) is 28.8 Å². The molecule has 0 saturated heterocycles. The van der Waals surface area contributed by atoms with Crippen molar-refractivity contribution in [2.75, 3.05) is 13.1 Å². The Balaban J connectivity index is 5.79. The molecule has 40 heavy (non-hydrogen) atoms. The topological polar surface area (TPSA) is 366 Å². The van der Waals surface area contributed by atoms with Crippen LogP contribution in [0.3, 0.4) is 0 Å². The van der Waals surface area contributed by atoms with E-state index in [0.29, 0.717) is 0 Å². The standard InChI is InChI=1S/C21H40N12O7/c22-10(5-6-14(23)34)16(36)31-11(3-1-7-29-20(25)26)17(37)32-12(4-2-8-30-21(27)28)18(38)33-13(19(39)40)9-15(24)35/h10-13H,1-9,22H2,(H2,23,34)(H2,24,35)(H,31,36)(H,32,37)(H,33,38)(H,39,40)(H4,25,26,29)(H4,27,28,30). The van der Waals surface area contributed by atoms with Crippen LogP contribution >= 0.6 is 0 Å². The molecule has 4 atom stereocenters. The second-order valence-corrected chi connectivity index (χ2v) is 8.70. The van der Waals surface area contributed by atoms with Crippen LogP contribution in [0, 0.1) is 0 Å². The van der Waals surface area contributed by atoms with Crippen LogP contribution in [-0.4, -0.2) is 89.8 Å². The number of aliphatic imine (C=N–C) groups is 2. The molecule has 4 unspecified atom stereocenters. The van der Waals surface area contributed by atoms with E-state index in [1.165, 1.54) is 0 Å². The third kappa shape index (κ3) is 16.2. The van der Waals surface area contributed by atoms with Gasteiger partial charge in [0.15, 0.2) is 11.9 Å². The van der Waals surface area contributed by atoms with Crippen molar-refractivity contribution in [3.05, 3.63) is 0 Å². The smallest absolute Gasteiger partial charge is 0.326 e. The first kappa shape index (κ1) is 35.3. The molecular formula is C21H40N12O7. The summed E-state index contributed by atoms with van der Waals surface area (Å²) in [5, 5.41) is 16.4. The van der Waals surface area contributed by atoms with Crippen molar-refractivity contribution in [1.29, 1.82) is 0 Å². The van der Waals surface area contributed by atoms with E-state index in [-0.39, 0.29) is 63.5 Å². The molecule has 0 aromatic carbocycles. The molecule has 5 amide bonds. The zero-order valence-electron chi connectivity index (χ0n) is 22.0. The maximum absolute atomic E-state index is 13.2. The maximum Gasteiger partial charge on any atom is 0.326 e. The molecule has 0 aromatic rings. The fraction of sp³-hybridized carbons (Fsp3) is 0.619. The molecule has 0 fully saturated rings. The largest absolute Gasteiger partial charge is 0.480 e. The third-order valence-corrected chi connectivity index (χ3v) is 5.21. The van der Waals surface area contributed by atoms with Crippen molar-refractivity contribution in [2.45, 2.75) is 69.1 Å². The van der Waals surface area contributed by atoms with E-state index in [2.05, 4.69) is 25.9 Å². The Bertz CT molecular complexity index is 964. The fourth-order valence-corrected chi connectivity index (χ4v) is 3.20. The van der Waals surface area contributed by atoms with Crippen LogP contribution in [0.4, 0.5) is 0 Å². The van der Waals surface area contributed by atoms with E-state index in [0.717, 1.165) is 0 Å². The highest BCUT2D eigenvalue weighted by molar-refractivity contribution is 5.95. The van der Waals surface area contributed by atoms with Gasteiger partial charge in [0, 0.05) is 19.5 Å². The quantitative estimate of drug-likeness (QED) is 0.0369. The highest BCUT2D eigenvalue weighted by atomic mass is 16.4. The Hall–Kier alpha value is -4.68. The summed E-state index contributed by atoms with van der Waals surface area (Å²) in [4.78, 5) is 79.9. The van der Waals surface area contributed by atoms with Crippen molar-refractivity contribution >= 4 is 47.4 Å². The number of aliphatic carboxylic acids is 1. The highest BCUT2D eigenvalue weighted by Gasteiger charge is 2.30. The van der Waals surface area contributed by atoms with Crippen molar-refractivity contribution in [2.24, 2.45) is 50.1 Å². The summed E-state index contributed by atoms with van der Waals surface area (Å²) in [6.07, 6.45) is -0.553. The lowest BCUT2D eigenvalue weighted by atomic mass is 10.1. The number of hydrogen-bond donors (Lipinski definition) is 11. The third-order valence-electron chi connectivity index (χ3n) is 5.21. The molecule has 0 radical (unpaired) electrons. The molecule has 0 bridgehead atoms. The minimum Gasteiger partial charge on any atom is -0.480 e. The van der Waals surface area contributed by atoms with E-state index in [9.17, 15) is 33.9 Å². The van der Waals surface area contributed by atoms with Crippen molar-refractivity contribution in [3.63, 3.8) is 0 Å². The predicted octanol–water partition coefficient (Wildman–Crippen LogP) is -5.90. The first-order valence-corrected chi connectivity index (χ1v) is 12.2. The van der Waals surface area contributed by atoms with Gasteiger partial charge >= 0.3 is 5.97 Å². The molecule has 0 aliphatic heterocycles. The molecule has 0 aromatic heterocycles. The number of hydrogen-bond acceptors (Lipinski definition) is 9. The number of amides is 5. The van der Waals surface area contributed by atoms with Gasteiger partial charge in [0.25, 0.3) is 0 Å². The molecule has 0 saturated carbocycles. The Kier molecular flexibility index (Phi) is 16.4. The molecule has 0 rings (SSSR count). The summed E-state index contributed by atoms with van der Waals surface area (Å²) in [6.45, 7) is 0.199. The Morgan fingerprint density at radius 2 is 1.05 bits per heavy atom. The summed E-state index contributed by atoms with van der Waals surface area (Å²) in [5.41, 5.74) is 37.1. The van der Waals surface area contributed by atoms with Gasteiger partial charge in [0.1, 0.15) is 18.1 Å². The molecule has 0 aliphatic rings. The van der Waals surface area contributed by atoms with Gasteiger partial charge in [-0.05, 0) is 32.1 Å². The second kappa shape index (κ2) is 18.6. The molecule has 0 heterocycles. The lowest BCUT2D eigenvalue weighted by Gasteiger charge is -2.25. The number of guanidine groups is 2.